The molecule has 1 aromatic heterocycles. The summed E-state index contributed by atoms with van der Waals surface area (Å²) in [6.07, 6.45) is 1.71. The molecule has 0 aliphatic carbocycles. The van der Waals surface area contributed by atoms with Crippen LogP contribution in [0.5, 0.6) is 0 Å². The molecule has 0 unspecified atom stereocenters. The lowest BCUT2D eigenvalue weighted by molar-refractivity contribution is 0.214. The lowest BCUT2D eigenvalue weighted by Gasteiger charge is -2.14. The van der Waals surface area contributed by atoms with Crippen LogP contribution in [0.15, 0.2) is 84.0 Å². The fourth-order valence-electron chi connectivity index (χ4n) is 3.18. The molecule has 0 amide bonds. The van der Waals surface area contributed by atoms with Crippen molar-refractivity contribution in [2.75, 3.05) is 6.61 Å². The fraction of sp³-hybridized carbons (Fsp3) is 0.182. The van der Waals surface area contributed by atoms with Gasteiger partial charge in [-0.2, -0.15) is 0 Å². The number of ether oxygens (including phenoxy) is 1. The van der Waals surface area contributed by atoms with E-state index in [1.165, 1.54) is 5.56 Å². The average Bonchev–Trinajstić information content (AvgIpc) is 3.17. The second-order valence-corrected chi connectivity index (χ2v) is 6.33. The van der Waals surface area contributed by atoms with E-state index in [-0.39, 0.29) is 6.04 Å². The third-order valence-electron chi connectivity index (χ3n) is 4.48. The van der Waals surface area contributed by atoms with Crippen molar-refractivity contribution < 1.29 is 9.84 Å². The van der Waals surface area contributed by atoms with Gasteiger partial charge in [0.1, 0.15) is 12.7 Å². The topological polar surface area (TPSA) is 54.7 Å². The van der Waals surface area contributed by atoms with Crippen molar-refractivity contribution >= 4 is 5.90 Å². The molecule has 2 atom stereocenters. The highest BCUT2D eigenvalue weighted by Gasteiger charge is 2.25. The number of nitrogens with zero attached hydrogens (tertiary/aromatic N) is 2. The van der Waals surface area contributed by atoms with E-state index in [0.29, 0.717) is 18.2 Å². The number of hydrogen-bond acceptors (Lipinski definition) is 4. The predicted molar refractivity (Wildman–Crippen MR) is 101 cm³/mol. The van der Waals surface area contributed by atoms with Crippen molar-refractivity contribution in [2.45, 2.75) is 18.6 Å². The standard InChI is InChI=1S/C22H20N2O2/c25-21(20-12-6-7-13-23-20)18-10-4-5-11-19(18)22-24-17(15-26-22)14-16-8-2-1-3-9-16/h1-13,17,21,25H,14-15H2/t17-,21+/m0/s1. The minimum Gasteiger partial charge on any atom is -0.475 e. The summed E-state index contributed by atoms with van der Waals surface area (Å²) < 4.78 is 5.87. The zero-order chi connectivity index (χ0) is 17.8. The van der Waals surface area contributed by atoms with Crippen molar-refractivity contribution in [1.29, 1.82) is 0 Å². The number of aliphatic hydroxyl groups excluding tert-OH is 1. The smallest absolute Gasteiger partial charge is 0.216 e. The summed E-state index contributed by atoms with van der Waals surface area (Å²) in [5.41, 5.74) is 3.43. The monoisotopic (exact) mass is 344 g/mol. The number of pyridine rings is 1. The zero-order valence-electron chi connectivity index (χ0n) is 14.3. The number of benzene rings is 2. The Bertz CT molecular complexity index is 894. The van der Waals surface area contributed by atoms with Gasteiger partial charge < -0.3 is 9.84 Å². The molecule has 4 rings (SSSR count). The van der Waals surface area contributed by atoms with Crippen LogP contribution in [0.3, 0.4) is 0 Å². The van der Waals surface area contributed by atoms with Crippen LogP contribution in [0.25, 0.3) is 0 Å². The van der Waals surface area contributed by atoms with Gasteiger partial charge >= 0.3 is 0 Å². The normalized spacial score (nSPS) is 17.4. The van der Waals surface area contributed by atoms with Crippen molar-refractivity contribution in [3.8, 4) is 0 Å². The highest BCUT2D eigenvalue weighted by molar-refractivity contribution is 5.96. The van der Waals surface area contributed by atoms with Crippen LogP contribution in [0.2, 0.25) is 0 Å². The predicted octanol–water partition coefficient (Wildman–Crippen LogP) is 3.55. The van der Waals surface area contributed by atoms with Crippen LogP contribution < -0.4 is 0 Å². The quantitative estimate of drug-likeness (QED) is 0.770. The lowest BCUT2D eigenvalue weighted by Crippen LogP contribution is -2.11. The Labute approximate surface area is 152 Å². The lowest BCUT2D eigenvalue weighted by atomic mass is 9.99. The van der Waals surface area contributed by atoms with E-state index < -0.39 is 6.10 Å². The Morgan fingerprint density at radius 3 is 2.54 bits per heavy atom. The third-order valence-corrected chi connectivity index (χ3v) is 4.48. The molecule has 26 heavy (non-hydrogen) atoms. The fourth-order valence-corrected chi connectivity index (χ4v) is 3.18. The van der Waals surface area contributed by atoms with Crippen molar-refractivity contribution in [3.63, 3.8) is 0 Å². The average molecular weight is 344 g/mol. The van der Waals surface area contributed by atoms with Crippen LogP contribution in [0, 0.1) is 0 Å². The molecule has 3 aromatic rings. The van der Waals surface area contributed by atoms with Crippen LogP contribution in [0.4, 0.5) is 0 Å². The molecule has 2 heterocycles. The van der Waals surface area contributed by atoms with E-state index in [2.05, 4.69) is 17.1 Å². The Morgan fingerprint density at radius 2 is 1.73 bits per heavy atom. The molecule has 2 aromatic carbocycles. The Hall–Kier alpha value is -2.98. The molecule has 0 saturated carbocycles. The molecule has 0 fully saturated rings. The first-order valence-electron chi connectivity index (χ1n) is 8.74. The molecule has 1 aliphatic heterocycles. The maximum absolute atomic E-state index is 10.8. The molecule has 130 valence electrons. The van der Waals surface area contributed by atoms with Crippen molar-refractivity contribution in [1.82, 2.24) is 4.98 Å². The van der Waals surface area contributed by atoms with E-state index >= 15 is 0 Å². The third kappa shape index (κ3) is 3.51. The van der Waals surface area contributed by atoms with E-state index in [1.807, 2.05) is 60.7 Å². The van der Waals surface area contributed by atoms with Gasteiger partial charge in [-0.05, 0) is 35.7 Å². The van der Waals surface area contributed by atoms with Crippen LogP contribution in [-0.4, -0.2) is 28.6 Å². The van der Waals surface area contributed by atoms with Gasteiger partial charge in [0.2, 0.25) is 5.90 Å². The van der Waals surface area contributed by atoms with Gasteiger partial charge in [-0.1, -0.05) is 54.6 Å². The van der Waals surface area contributed by atoms with Gasteiger partial charge in [-0.25, -0.2) is 4.99 Å². The van der Waals surface area contributed by atoms with Gasteiger partial charge in [0.15, 0.2) is 0 Å². The van der Waals surface area contributed by atoms with Crippen LogP contribution in [0.1, 0.15) is 28.5 Å². The summed E-state index contributed by atoms with van der Waals surface area (Å²) in [6, 6.07) is 23.6. The zero-order valence-corrected chi connectivity index (χ0v) is 14.3. The first kappa shape index (κ1) is 16.5. The summed E-state index contributed by atoms with van der Waals surface area (Å²) in [4.78, 5) is 9.02. The van der Waals surface area contributed by atoms with Crippen molar-refractivity contribution in [3.05, 3.63) is 101 Å². The summed E-state index contributed by atoms with van der Waals surface area (Å²) in [7, 11) is 0. The molecule has 4 heteroatoms. The summed E-state index contributed by atoms with van der Waals surface area (Å²) >= 11 is 0. The second kappa shape index (κ2) is 7.50. The maximum atomic E-state index is 10.8. The molecule has 0 saturated heterocycles. The summed E-state index contributed by atoms with van der Waals surface area (Å²) in [5.74, 6) is 0.594. The largest absolute Gasteiger partial charge is 0.475 e. The Kier molecular flexibility index (Phi) is 4.75. The molecule has 0 spiro atoms. The summed E-state index contributed by atoms with van der Waals surface area (Å²) in [6.45, 7) is 0.554. The van der Waals surface area contributed by atoms with Gasteiger partial charge in [0.05, 0.1) is 11.7 Å². The minimum atomic E-state index is -0.813. The Balaban J connectivity index is 1.59. The minimum absolute atomic E-state index is 0.0902. The first-order valence-corrected chi connectivity index (χ1v) is 8.74. The highest BCUT2D eigenvalue weighted by atomic mass is 16.5. The van der Waals surface area contributed by atoms with E-state index in [9.17, 15) is 5.11 Å². The highest BCUT2D eigenvalue weighted by Crippen LogP contribution is 2.26. The maximum Gasteiger partial charge on any atom is 0.216 e. The van der Waals surface area contributed by atoms with E-state index in [4.69, 9.17) is 9.73 Å². The van der Waals surface area contributed by atoms with Crippen LogP contribution >= 0.6 is 0 Å². The number of aromatic nitrogens is 1. The van der Waals surface area contributed by atoms with Gasteiger partial charge in [-0.3, -0.25) is 4.98 Å². The van der Waals surface area contributed by atoms with Gasteiger partial charge in [0, 0.05) is 11.8 Å². The number of rotatable bonds is 5. The Morgan fingerprint density at radius 1 is 0.962 bits per heavy atom. The van der Waals surface area contributed by atoms with Gasteiger partial charge in [-0.15, -0.1) is 0 Å². The molecular formula is C22H20N2O2. The molecule has 1 N–H and O–H groups in total. The first-order chi connectivity index (χ1) is 12.8. The van der Waals surface area contributed by atoms with Crippen LogP contribution in [-0.2, 0) is 11.2 Å². The molecule has 0 bridgehead atoms. The summed E-state index contributed by atoms with van der Waals surface area (Å²) in [5, 5.41) is 10.8. The van der Waals surface area contributed by atoms with Crippen molar-refractivity contribution in [2.24, 2.45) is 4.99 Å². The van der Waals surface area contributed by atoms with Gasteiger partial charge in [0.25, 0.3) is 0 Å². The molecule has 1 aliphatic rings. The molecular weight excluding hydrogens is 324 g/mol. The number of aliphatic hydroxyl groups is 1. The SMILES string of the molecule is O[C@@H](c1ccccn1)c1ccccc1C1=N[C@@H](Cc2ccccc2)CO1. The number of hydrogen-bond donors (Lipinski definition) is 1. The molecule has 0 radical (unpaired) electrons. The van der Waals surface area contributed by atoms with E-state index in [1.54, 1.807) is 6.20 Å². The number of aliphatic imine (C=N–C) groups is 1. The van der Waals surface area contributed by atoms with E-state index in [0.717, 1.165) is 17.5 Å². The molecule has 4 nitrogen and oxygen atoms in total. The second-order valence-electron chi connectivity index (χ2n) is 6.33.